The van der Waals surface area contributed by atoms with Crippen molar-refractivity contribution in [3.05, 3.63) is 76.5 Å². The molecular formula is C26H27N5O4. The Balaban J connectivity index is 1.90. The molecule has 2 aliphatic rings. The highest BCUT2D eigenvalue weighted by Gasteiger charge is 2.45. The molecule has 2 heterocycles. The summed E-state index contributed by atoms with van der Waals surface area (Å²) in [6, 6.07) is 10.5. The van der Waals surface area contributed by atoms with Gasteiger partial charge in [-0.1, -0.05) is 19.9 Å². The molecule has 4 rings (SSSR count). The molecule has 1 aliphatic heterocycles. The van der Waals surface area contributed by atoms with Crippen molar-refractivity contribution in [1.82, 2.24) is 15.4 Å². The summed E-state index contributed by atoms with van der Waals surface area (Å²) >= 11 is 0. The van der Waals surface area contributed by atoms with Crippen molar-refractivity contribution in [2.24, 2.45) is 11.1 Å². The van der Waals surface area contributed by atoms with Gasteiger partial charge in [0.05, 0.1) is 37.5 Å². The van der Waals surface area contributed by atoms with Gasteiger partial charge in [0.25, 0.3) is 5.91 Å². The number of hydrogen-bond donors (Lipinski definition) is 2. The molecule has 1 amide bonds. The largest absolute Gasteiger partial charge is 0.497 e. The number of allylic oxidation sites excluding steroid dienone is 3. The number of amides is 1. The van der Waals surface area contributed by atoms with E-state index in [1.165, 1.54) is 24.5 Å². The third-order valence-corrected chi connectivity index (χ3v) is 6.29. The van der Waals surface area contributed by atoms with Crippen molar-refractivity contribution in [2.45, 2.75) is 32.6 Å². The highest BCUT2D eigenvalue weighted by molar-refractivity contribution is 6.01. The lowest BCUT2D eigenvalue weighted by Crippen LogP contribution is -2.49. The van der Waals surface area contributed by atoms with Gasteiger partial charge in [-0.2, -0.15) is 5.26 Å². The fourth-order valence-corrected chi connectivity index (χ4v) is 4.67. The van der Waals surface area contributed by atoms with Gasteiger partial charge in [0, 0.05) is 41.6 Å². The third-order valence-electron chi connectivity index (χ3n) is 6.29. The zero-order chi connectivity index (χ0) is 25.3. The lowest BCUT2D eigenvalue weighted by Gasteiger charge is -2.43. The molecule has 1 aromatic heterocycles. The molecule has 0 saturated heterocycles. The molecule has 0 saturated carbocycles. The van der Waals surface area contributed by atoms with E-state index in [0.29, 0.717) is 46.7 Å². The van der Waals surface area contributed by atoms with Crippen LogP contribution in [0.15, 0.2) is 65.4 Å². The van der Waals surface area contributed by atoms with E-state index in [1.54, 1.807) is 37.4 Å². The molecule has 9 nitrogen and oxygen atoms in total. The van der Waals surface area contributed by atoms with Gasteiger partial charge in [-0.15, -0.1) is 0 Å². The molecule has 35 heavy (non-hydrogen) atoms. The fourth-order valence-electron chi connectivity index (χ4n) is 4.67. The Morgan fingerprint density at radius 1 is 1.20 bits per heavy atom. The maximum atomic E-state index is 13.6. The van der Waals surface area contributed by atoms with Crippen LogP contribution < -0.4 is 20.6 Å². The highest BCUT2D eigenvalue weighted by atomic mass is 16.5. The van der Waals surface area contributed by atoms with Crippen molar-refractivity contribution >= 4 is 11.7 Å². The Kier molecular flexibility index (Phi) is 6.22. The number of nitrogens with one attached hydrogen (secondary N) is 1. The number of aromatic nitrogens is 1. The van der Waals surface area contributed by atoms with Crippen LogP contribution in [0.25, 0.3) is 0 Å². The summed E-state index contributed by atoms with van der Waals surface area (Å²) in [5.74, 6) is -0.184. The van der Waals surface area contributed by atoms with Crippen LogP contribution >= 0.6 is 0 Å². The molecule has 0 bridgehead atoms. The van der Waals surface area contributed by atoms with Crippen molar-refractivity contribution in [3.63, 3.8) is 0 Å². The van der Waals surface area contributed by atoms with Crippen LogP contribution in [0.1, 0.15) is 48.5 Å². The summed E-state index contributed by atoms with van der Waals surface area (Å²) in [6.07, 6.45) is 3.79. The Hall–Kier alpha value is -4.32. The number of rotatable bonds is 5. The number of pyridine rings is 1. The molecular weight excluding hydrogens is 446 g/mol. The van der Waals surface area contributed by atoms with E-state index in [4.69, 9.17) is 15.2 Å². The minimum atomic E-state index is -0.742. The van der Waals surface area contributed by atoms with Crippen LogP contribution in [0.2, 0.25) is 0 Å². The van der Waals surface area contributed by atoms with Gasteiger partial charge >= 0.3 is 0 Å². The Labute approximate surface area is 203 Å². The normalized spacial score (nSPS) is 19.1. The number of ether oxygens (including phenoxy) is 2. The first-order chi connectivity index (χ1) is 16.7. The van der Waals surface area contributed by atoms with Gasteiger partial charge in [0.2, 0.25) is 0 Å². The molecule has 3 N–H and O–H groups in total. The summed E-state index contributed by atoms with van der Waals surface area (Å²) in [7, 11) is 3.06. The van der Waals surface area contributed by atoms with Gasteiger partial charge < -0.3 is 15.2 Å². The number of methoxy groups -OCH3 is 2. The Morgan fingerprint density at radius 2 is 1.91 bits per heavy atom. The number of benzene rings is 1. The number of nitriles is 1. The first kappa shape index (κ1) is 23.8. The third kappa shape index (κ3) is 4.30. The van der Waals surface area contributed by atoms with Gasteiger partial charge in [-0.3, -0.25) is 20.0 Å². The standard InChI is InChI=1S/C26H27N5O4/c1-26(2)12-19-23(20(32)13-26)22(17-6-5-16(34-3)11-21(17)35-4)18(14-27)24(28)31(19)30-25(33)15-7-9-29-10-8-15/h5-11,22H,12-13,28H2,1-4H3,(H,30,33). The molecule has 1 aliphatic carbocycles. The van der Waals surface area contributed by atoms with Crippen LogP contribution in [0.5, 0.6) is 11.5 Å². The lowest BCUT2D eigenvalue weighted by molar-refractivity contribution is -0.118. The second-order valence-corrected chi connectivity index (χ2v) is 9.27. The molecule has 1 atom stereocenters. The Bertz CT molecular complexity index is 1290. The smallest absolute Gasteiger partial charge is 0.270 e. The molecule has 2 aromatic rings. The summed E-state index contributed by atoms with van der Waals surface area (Å²) < 4.78 is 10.9. The molecule has 0 fully saturated rings. The van der Waals surface area contributed by atoms with Crippen LogP contribution in [-0.2, 0) is 4.79 Å². The van der Waals surface area contributed by atoms with Crippen molar-refractivity contribution in [2.75, 3.05) is 14.2 Å². The molecule has 0 spiro atoms. The number of carbonyl (C=O) groups excluding carboxylic acids is 2. The highest BCUT2D eigenvalue weighted by Crippen LogP contribution is 2.50. The van der Waals surface area contributed by atoms with E-state index >= 15 is 0 Å². The number of hydrazine groups is 1. The maximum Gasteiger partial charge on any atom is 0.270 e. The maximum absolute atomic E-state index is 13.6. The molecule has 180 valence electrons. The number of ketones is 1. The SMILES string of the molecule is COc1ccc(C2C(C#N)=C(N)N(NC(=O)c3ccncc3)C3=C2C(=O)CC(C)(C)C3)c(OC)c1. The number of nitrogens with two attached hydrogens (primary N) is 1. The predicted octanol–water partition coefficient (Wildman–Crippen LogP) is 3.18. The quantitative estimate of drug-likeness (QED) is 0.677. The average Bonchev–Trinajstić information content (AvgIpc) is 2.84. The van der Waals surface area contributed by atoms with E-state index in [0.717, 1.165) is 0 Å². The van der Waals surface area contributed by atoms with Gasteiger partial charge in [0.15, 0.2) is 5.78 Å². The van der Waals surface area contributed by atoms with E-state index in [9.17, 15) is 14.9 Å². The molecule has 1 aromatic carbocycles. The first-order valence-electron chi connectivity index (χ1n) is 11.1. The van der Waals surface area contributed by atoms with Crippen molar-refractivity contribution < 1.29 is 19.1 Å². The number of Topliss-reactive ketones (excluding diaryl/α,β-unsaturated/α-hetero) is 1. The molecule has 1 unspecified atom stereocenters. The topological polar surface area (TPSA) is 131 Å². The summed E-state index contributed by atoms with van der Waals surface area (Å²) in [5, 5.41) is 11.6. The summed E-state index contributed by atoms with van der Waals surface area (Å²) in [5.41, 5.74) is 11.1. The number of carbonyl (C=O) groups is 2. The van der Waals surface area contributed by atoms with Gasteiger partial charge in [0.1, 0.15) is 17.3 Å². The summed E-state index contributed by atoms with van der Waals surface area (Å²) in [4.78, 5) is 30.5. The minimum absolute atomic E-state index is 0.0574. The van der Waals surface area contributed by atoms with E-state index < -0.39 is 11.8 Å². The second-order valence-electron chi connectivity index (χ2n) is 9.27. The first-order valence-corrected chi connectivity index (χ1v) is 11.1. The monoisotopic (exact) mass is 473 g/mol. The van der Waals surface area contributed by atoms with Crippen LogP contribution in [0, 0.1) is 16.7 Å². The Morgan fingerprint density at radius 3 is 2.54 bits per heavy atom. The van der Waals surface area contributed by atoms with Crippen molar-refractivity contribution in [1.29, 1.82) is 5.26 Å². The zero-order valence-electron chi connectivity index (χ0n) is 20.1. The number of hydrogen-bond acceptors (Lipinski definition) is 8. The number of nitrogens with zero attached hydrogens (tertiary/aromatic N) is 3. The van der Waals surface area contributed by atoms with Gasteiger partial charge in [-0.25, -0.2) is 5.01 Å². The molecule has 0 radical (unpaired) electrons. The van der Waals surface area contributed by atoms with E-state index in [2.05, 4.69) is 16.5 Å². The lowest BCUT2D eigenvalue weighted by atomic mass is 9.69. The van der Waals surface area contributed by atoms with Crippen molar-refractivity contribution in [3.8, 4) is 17.6 Å². The minimum Gasteiger partial charge on any atom is -0.497 e. The fraction of sp³-hybridized carbons (Fsp3) is 0.308. The second kappa shape index (κ2) is 9.14. The van der Waals surface area contributed by atoms with E-state index in [1.807, 2.05) is 13.8 Å². The zero-order valence-corrected chi connectivity index (χ0v) is 20.1. The van der Waals surface area contributed by atoms with Crippen LogP contribution in [0.3, 0.4) is 0 Å². The van der Waals surface area contributed by atoms with E-state index in [-0.39, 0.29) is 22.6 Å². The van der Waals surface area contributed by atoms with Crippen LogP contribution in [0.4, 0.5) is 0 Å². The van der Waals surface area contributed by atoms with Gasteiger partial charge in [-0.05, 0) is 30.0 Å². The average molecular weight is 474 g/mol. The molecule has 9 heteroatoms. The summed E-state index contributed by atoms with van der Waals surface area (Å²) in [6.45, 7) is 3.97. The van der Waals surface area contributed by atoms with Crippen LogP contribution in [-0.4, -0.2) is 35.9 Å². The predicted molar refractivity (Wildman–Crippen MR) is 128 cm³/mol.